The molecule has 0 saturated heterocycles. The van der Waals surface area contributed by atoms with Crippen LogP contribution in [0, 0.1) is 5.92 Å². The smallest absolute Gasteiger partial charge is 0.229 e. The van der Waals surface area contributed by atoms with E-state index in [0.717, 1.165) is 37.3 Å². The van der Waals surface area contributed by atoms with Crippen LogP contribution < -0.4 is 0 Å². The van der Waals surface area contributed by atoms with E-state index in [2.05, 4.69) is 14.5 Å². The summed E-state index contributed by atoms with van der Waals surface area (Å²) in [5, 5.41) is 0. The minimum absolute atomic E-state index is 0.149. The molecule has 3 heterocycles. The van der Waals surface area contributed by atoms with Crippen LogP contribution in [0.25, 0.3) is 0 Å². The first-order valence-electron chi connectivity index (χ1n) is 7.80. The van der Waals surface area contributed by atoms with Gasteiger partial charge in [-0.25, -0.2) is 4.98 Å². The van der Waals surface area contributed by atoms with Crippen molar-refractivity contribution in [1.29, 1.82) is 0 Å². The third kappa shape index (κ3) is 3.03. The fourth-order valence-corrected chi connectivity index (χ4v) is 3.15. The number of pyridine rings is 1. The molecular weight excluding hydrogens is 276 g/mol. The molecule has 5 nitrogen and oxygen atoms in total. The van der Waals surface area contributed by atoms with Gasteiger partial charge in [0.15, 0.2) is 0 Å². The van der Waals surface area contributed by atoms with Gasteiger partial charge in [0.1, 0.15) is 5.82 Å². The van der Waals surface area contributed by atoms with Crippen molar-refractivity contribution >= 4 is 5.91 Å². The molecule has 0 spiro atoms. The highest BCUT2D eigenvalue weighted by Gasteiger charge is 2.25. The zero-order valence-electron chi connectivity index (χ0n) is 13.1. The minimum Gasteiger partial charge on any atom is -0.345 e. The third-order valence-corrected chi connectivity index (χ3v) is 4.51. The predicted molar refractivity (Wildman–Crippen MR) is 84.3 cm³/mol. The Hall–Kier alpha value is -2.17. The largest absolute Gasteiger partial charge is 0.345 e. The minimum atomic E-state index is -0.149. The summed E-state index contributed by atoms with van der Waals surface area (Å²) >= 11 is 0. The summed E-state index contributed by atoms with van der Waals surface area (Å²) in [5.74, 6) is 1.63. The Morgan fingerprint density at radius 1 is 1.50 bits per heavy atom. The van der Waals surface area contributed by atoms with Gasteiger partial charge in [0, 0.05) is 51.3 Å². The molecule has 5 heteroatoms. The molecule has 0 fully saturated rings. The summed E-state index contributed by atoms with van der Waals surface area (Å²) in [5.41, 5.74) is 0.971. The summed E-state index contributed by atoms with van der Waals surface area (Å²) in [6.45, 7) is 3.74. The fourth-order valence-electron chi connectivity index (χ4n) is 3.15. The Morgan fingerprint density at radius 3 is 3.14 bits per heavy atom. The first-order chi connectivity index (χ1) is 10.6. The van der Waals surface area contributed by atoms with Gasteiger partial charge in [0.2, 0.25) is 5.91 Å². The average molecular weight is 298 g/mol. The molecule has 0 bridgehead atoms. The first-order valence-corrected chi connectivity index (χ1v) is 7.80. The number of imidazole rings is 1. The SMILES string of the molecule is C[C@@H](C(=O)N(C)C[C@@H]1CCn2ccnc2C1)c1cccnc1. The van der Waals surface area contributed by atoms with Crippen LogP contribution in [0.5, 0.6) is 0 Å². The van der Waals surface area contributed by atoms with Crippen LogP contribution in [-0.2, 0) is 17.8 Å². The predicted octanol–water partition coefficient (Wildman–Crippen LogP) is 2.10. The van der Waals surface area contributed by atoms with Gasteiger partial charge in [0.25, 0.3) is 0 Å². The molecule has 3 rings (SSSR count). The van der Waals surface area contributed by atoms with Crippen molar-refractivity contribution in [3.8, 4) is 0 Å². The first kappa shape index (κ1) is 14.8. The van der Waals surface area contributed by atoms with Crippen LogP contribution in [0.2, 0.25) is 0 Å². The molecule has 0 unspecified atom stereocenters. The van der Waals surface area contributed by atoms with Crippen molar-refractivity contribution in [3.63, 3.8) is 0 Å². The van der Waals surface area contributed by atoms with Gasteiger partial charge in [-0.1, -0.05) is 6.07 Å². The number of nitrogens with zero attached hydrogens (tertiary/aromatic N) is 4. The molecule has 2 aromatic rings. The normalized spacial score (nSPS) is 18.5. The van der Waals surface area contributed by atoms with Gasteiger partial charge in [-0.3, -0.25) is 9.78 Å². The molecule has 116 valence electrons. The monoisotopic (exact) mass is 298 g/mol. The standard InChI is InChI=1S/C17H22N4O/c1-13(15-4-3-6-18-11-15)17(22)20(2)12-14-5-8-21-9-7-19-16(21)10-14/h3-4,6-7,9,11,13-14H,5,8,10,12H2,1-2H3/t13-,14-/m1/s1. The summed E-state index contributed by atoms with van der Waals surface area (Å²) in [6, 6.07) is 3.83. The van der Waals surface area contributed by atoms with Gasteiger partial charge in [-0.2, -0.15) is 0 Å². The van der Waals surface area contributed by atoms with Gasteiger partial charge < -0.3 is 9.47 Å². The second-order valence-corrected chi connectivity index (χ2v) is 6.12. The van der Waals surface area contributed by atoms with Crippen molar-refractivity contribution in [2.75, 3.05) is 13.6 Å². The maximum atomic E-state index is 12.6. The van der Waals surface area contributed by atoms with Crippen LogP contribution in [-0.4, -0.2) is 38.9 Å². The molecule has 1 amide bonds. The van der Waals surface area contributed by atoms with E-state index in [1.165, 1.54) is 0 Å². The van der Waals surface area contributed by atoms with E-state index in [0.29, 0.717) is 5.92 Å². The second kappa shape index (κ2) is 6.30. The number of aryl methyl sites for hydroxylation is 1. The Bertz CT molecular complexity index is 637. The number of hydrogen-bond acceptors (Lipinski definition) is 3. The number of carbonyl (C=O) groups is 1. The van der Waals surface area contributed by atoms with Crippen molar-refractivity contribution < 1.29 is 4.79 Å². The van der Waals surface area contributed by atoms with E-state index >= 15 is 0 Å². The number of aromatic nitrogens is 3. The lowest BCUT2D eigenvalue weighted by Gasteiger charge is -2.29. The van der Waals surface area contributed by atoms with Gasteiger partial charge in [-0.05, 0) is 30.9 Å². The molecule has 0 radical (unpaired) electrons. The maximum absolute atomic E-state index is 12.6. The number of likely N-dealkylation sites (N-methyl/N-ethyl adjacent to an activating group) is 1. The molecule has 1 aliphatic heterocycles. The van der Waals surface area contributed by atoms with E-state index in [1.807, 2.05) is 43.4 Å². The summed E-state index contributed by atoms with van der Waals surface area (Å²) in [4.78, 5) is 22.9. The Balaban J connectivity index is 1.60. The summed E-state index contributed by atoms with van der Waals surface area (Å²) < 4.78 is 2.20. The lowest BCUT2D eigenvalue weighted by atomic mass is 9.96. The topological polar surface area (TPSA) is 51.0 Å². The second-order valence-electron chi connectivity index (χ2n) is 6.12. The van der Waals surface area contributed by atoms with Crippen LogP contribution in [0.15, 0.2) is 36.9 Å². The highest BCUT2D eigenvalue weighted by molar-refractivity contribution is 5.83. The van der Waals surface area contributed by atoms with Gasteiger partial charge >= 0.3 is 0 Å². The van der Waals surface area contributed by atoms with E-state index in [9.17, 15) is 4.79 Å². The highest BCUT2D eigenvalue weighted by atomic mass is 16.2. The Kier molecular flexibility index (Phi) is 4.22. The number of fused-ring (bicyclic) bond motifs is 1. The summed E-state index contributed by atoms with van der Waals surface area (Å²) in [7, 11) is 1.90. The zero-order valence-corrected chi connectivity index (χ0v) is 13.1. The van der Waals surface area contributed by atoms with Gasteiger partial charge in [-0.15, -0.1) is 0 Å². The quantitative estimate of drug-likeness (QED) is 0.868. The van der Waals surface area contributed by atoms with E-state index in [-0.39, 0.29) is 11.8 Å². The number of amides is 1. The van der Waals surface area contributed by atoms with Crippen LogP contribution in [0.4, 0.5) is 0 Å². The fraction of sp³-hybridized carbons (Fsp3) is 0.471. The third-order valence-electron chi connectivity index (χ3n) is 4.51. The van der Waals surface area contributed by atoms with Crippen molar-refractivity contribution in [2.45, 2.75) is 32.2 Å². The molecule has 0 aromatic carbocycles. The van der Waals surface area contributed by atoms with Crippen molar-refractivity contribution in [1.82, 2.24) is 19.4 Å². The average Bonchev–Trinajstić information content (AvgIpc) is 3.02. The molecule has 0 N–H and O–H groups in total. The lowest BCUT2D eigenvalue weighted by Crippen LogP contribution is -2.37. The maximum Gasteiger partial charge on any atom is 0.229 e. The molecular formula is C17H22N4O. The van der Waals surface area contributed by atoms with Crippen LogP contribution in [0.3, 0.4) is 0 Å². The lowest BCUT2D eigenvalue weighted by molar-refractivity contribution is -0.131. The van der Waals surface area contributed by atoms with Crippen molar-refractivity contribution in [3.05, 3.63) is 48.3 Å². The number of rotatable bonds is 4. The Labute approximate surface area is 131 Å². The van der Waals surface area contributed by atoms with Crippen LogP contribution >= 0.6 is 0 Å². The van der Waals surface area contributed by atoms with E-state index in [4.69, 9.17) is 0 Å². The number of carbonyl (C=O) groups excluding carboxylic acids is 1. The number of hydrogen-bond donors (Lipinski definition) is 0. The molecule has 0 saturated carbocycles. The molecule has 1 aliphatic rings. The molecule has 22 heavy (non-hydrogen) atoms. The zero-order chi connectivity index (χ0) is 15.5. The van der Waals surface area contributed by atoms with E-state index < -0.39 is 0 Å². The highest BCUT2D eigenvalue weighted by Crippen LogP contribution is 2.22. The van der Waals surface area contributed by atoms with E-state index in [1.54, 1.807) is 12.4 Å². The Morgan fingerprint density at radius 2 is 2.36 bits per heavy atom. The molecule has 2 atom stereocenters. The van der Waals surface area contributed by atoms with Gasteiger partial charge in [0.05, 0.1) is 5.92 Å². The van der Waals surface area contributed by atoms with Crippen LogP contribution in [0.1, 0.15) is 30.7 Å². The molecule has 0 aliphatic carbocycles. The summed E-state index contributed by atoms with van der Waals surface area (Å²) in [6.07, 6.45) is 9.44. The molecule has 2 aromatic heterocycles. The van der Waals surface area contributed by atoms with Crippen molar-refractivity contribution in [2.24, 2.45) is 5.92 Å².